The summed E-state index contributed by atoms with van der Waals surface area (Å²) in [4.78, 5) is 18.8. The molecule has 5 heteroatoms. The standard InChI is InChI=1S/C15H24N2O2S/c1-11(18)8-9-17(5)13(19)7-6-12-10-16-14(20-12)15(2,3)4/h6-7,10-11,18H,8-9H2,1-5H3/b7-6+. The maximum Gasteiger partial charge on any atom is 0.246 e. The highest BCUT2D eigenvalue weighted by atomic mass is 32.1. The van der Waals surface area contributed by atoms with Crippen molar-refractivity contribution in [3.63, 3.8) is 0 Å². The number of hydrogen-bond donors (Lipinski definition) is 1. The van der Waals surface area contributed by atoms with Gasteiger partial charge in [-0.2, -0.15) is 0 Å². The van der Waals surface area contributed by atoms with Gasteiger partial charge in [0.05, 0.1) is 11.1 Å². The van der Waals surface area contributed by atoms with Gasteiger partial charge in [0.2, 0.25) is 5.91 Å². The topological polar surface area (TPSA) is 53.4 Å². The number of amides is 1. The van der Waals surface area contributed by atoms with Crippen LogP contribution < -0.4 is 0 Å². The zero-order valence-corrected chi connectivity index (χ0v) is 13.7. The lowest BCUT2D eigenvalue weighted by Crippen LogP contribution is -2.27. The minimum Gasteiger partial charge on any atom is -0.393 e. The highest BCUT2D eigenvalue weighted by Gasteiger charge is 2.17. The van der Waals surface area contributed by atoms with Crippen LogP contribution in [0.4, 0.5) is 0 Å². The quantitative estimate of drug-likeness (QED) is 0.850. The summed E-state index contributed by atoms with van der Waals surface area (Å²) in [7, 11) is 1.74. The summed E-state index contributed by atoms with van der Waals surface area (Å²) < 4.78 is 0. The summed E-state index contributed by atoms with van der Waals surface area (Å²) in [6, 6.07) is 0. The molecule has 0 aliphatic heterocycles. The highest BCUT2D eigenvalue weighted by Crippen LogP contribution is 2.27. The normalized spacial score (nSPS) is 13.7. The Kier molecular flexibility index (Phi) is 5.89. The Balaban J connectivity index is 2.59. The number of carbonyl (C=O) groups is 1. The van der Waals surface area contributed by atoms with E-state index in [0.29, 0.717) is 13.0 Å². The average molecular weight is 296 g/mol. The number of likely N-dealkylation sites (N-methyl/N-ethyl adjacent to an activating group) is 1. The van der Waals surface area contributed by atoms with Crippen molar-refractivity contribution in [1.29, 1.82) is 0 Å². The summed E-state index contributed by atoms with van der Waals surface area (Å²) in [5, 5.41) is 10.3. The van der Waals surface area contributed by atoms with Crippen molar-refractivity contribution in [2.45, 2.75) is 45.6 Å². The summed E-state index contributed by atoms with van der Waals surface area (Å²) >= 11 is 1.60. The summed E-state index contributed by atoms with van der Waals surface area (Å²) in [5.74, 6) is -0.0589. The molecule has 20 heavy (non-hydrogen) atoms. The van der Waals surface area contributed by atoms with Crippen molar-refractivity contribution >= 4 is 23.3 Å². The van der Waals surface area contributed by atoms with E-state index in [2.05, 4.69) is 25.8 Å². The Labute approximate surface area is 125 Å². The molecule has 1 unspecified atom stereocenters. The van der Waals surface area contributed by atoms with Crippen LogP contribution in [-0.4, -0.2) is 40.6 Å². The molecule has 1 heterocycles. The van der Waals surface area contributed by atoms with Crippen molar-refractivity contribution in [2.75, 3.05) is 13.6 Å². The van der Waals surface area contributed by atoms with Crippen molar-refractivity contribution in [3.8, 4) is 0 Å². The van der Waals surface area contributed by atoms with Crippen LogP contribution in [0.2, 0.25) is 0 Å². The first-order valence-electron chi connectivity index (χ1n) is 6.77. The smallest absolute Gasteiger partial charge is 0.246 e. The van der Waals surface area contributed by atoms with Gasteiger partial charge >= 0.3 is 0 Å². The Morgan fingerprint density at radius 1 is 1.55 bits per heavy atom. The lowest BCUT2D eigenvalue weighted by molar-refractivity contribution is -0.124. The van der Waals surface area contributed by atoms with Gasteiger partial charge in [0.1, 0.15) is 0 Å². The molecule has 0 aliphatic rings. The van der Waals surface area contributed by atoms with Crippen molar-refractivity contribution in [3.05, 3.63) is 22.2 Å². The van der Waals surface area contributed by atoms with Gasteiger partial charge in [-0.25, -0.2) is 4.98 Å². The Bertz CT molecular complexity index is 472. The number of carbonyl (C=O) groups excluding carboxylic acids is 1. The van der Waals surface area contributed by atoms with E-state index in [-0.39, 0.29) is 17.4 Å². The van der Waals surface area contributed by atoms with E-state index < -0.39 is 0 Å². The van der Waals surface area contributed by atoms with Crippen molar-refractivity contribution < 1.29 is 9.90 Å². The lowest BCUT2D eigenvalue weighted by Gasteiger charge is -2.15. The van der Waals surface area contributed by atoms with Gasteiger partial charge in [0.25, 0.3) is 0 Å². The molecule has 0 aliphatic carbocycles. The fraction of sp³-hybridized carbons (Fsp3) is 0.600. The van der Waals surface area contributed by atoms with E-state index in [1.165, 1.54) is 0 Å². The van der Waals surface area contributed by atoms with Crippen LogP contribution in [0.3, 0.4) is 0 Å². The molecule has 1 aromatic heterocycles. The van der Waals surface area contributed by atoms with E-state index in [1.54, 1.807) is 48.6 Å². The molecule has 0 fully saturated rings. The van der Waals surface area contributed by atoms with Gasteiger partial charge in [0, 0.05) is 36.2 Å². The number of aliphatic hydroxyl groups is 1. The third-order valence-electron chi connectivity index (χ3n) is 2.81. The monoisotopic (exact) mass is 296 g/mol. The molecule has 1 rings (SSSR count). The molecule has 1 N–H and O–H groups in total. The second-order valence-electron chi connectivity index (χ2n) is 6.05. The molecule has 0 radical (unpaired) electrons. The largest absolute Gasteiger partial charge is 0.393 e. The maximum absolute atomic E-state index is 11.9. The molecule has 1 aromatic rings. The first kappa shape index (κ1) is 16.9. The molecule has 1 atom stereocenters. The van der Waals surface area contributed by atoms with Gasteiger partial charge < -0.3 is 10.0 Å². The van der Waals surface area contributed by atoms with Crippen molar-refractivity contribution in [1.82, 2.24) is 9.88 Å². The van der Waals surface area contributed by atoms with E-state index in [9.17, 15) is 9.90 Å². The third kappa shape index (κ3) is 5.43. The zero-order valence-electron chi connectivity index (χ0n) is 12.9. The maximum atomic E-state index is 11.9. The average Bonchev–Trinajstić information content (AvgIpc) is 2.81. The van der Waals surface area contributed by atoms with E-state index in [0.717, 1.165) is 9.88 Å². The van der Waals surface area contributed by atoms with Crippen LogP contribution in [0.5, 0.6) is 0 Å². The highest BCUT2D eigenvalue weighted by molar-refractivity contribution is 7.12. The molecule has 112 valence electrons. The summed E-state index contributed by atoms with van der Waals surface area (Å²) in [6.45, 7) is 8.63. The number of thiazole rings is 1. The van der Waals surface area contributed by atoms with Gasteiger partial charge in [-0.15, -0.1) is 11.3 Å². The number of nitrogens with zero attached hydrogens (tertiary/aromatic N) is 2. The molecule has 0 bridgehead atoms. The molecule has 1 amide bonds. The van der Waals surface area contributed by atoms with Crippen molar-refractivity contribution in [2.24, 2.45) is 0 Å². The number of rotatable bonds is 5. The molecule has 0 spiro atoms. The lowest BCUT2D eigenvalue weighted by atomic mass is 9.98. The second kappa shape index (κ2) is 6.99. The fourth-order valence-corrected chi connectivity index (χ4v) is 2.36. The minimum atomic E-state index is -0.384. The van der Waals surface area contributed by atoms with Crippen LogP contribution >= 0.6 is 11.3 Å². The number of hydrogen-bond acceptors (Lipinski definition) is 4. The summed E-state index contributed by atoms with van der Waals surface area (Å²) in [6.07, 6.45) is 5.36. The first-order chi connectivity index (χ1) is 9.20. The van der Waals surface area contributed by atoms with Gasteiger partial charge in [-0.05, 0) is 19.4 Å². The molecular formula is C15H24N2O2S. The SMILES string of the molecule is CC(O)CCN(C)C(=O)/C=C/c1cnc(C(C)(C)C)s1. The second-order valence-corrected chi connectivity index (χ2v) is 7.11. The first-order valence-corrected chi connectivity index (χ1v) is 7.59. The van der Waals surface area contributed by atoms with Crippen LogP contribution in [0, 0.1) is 0 Å². The Morgan fingerprint density at radius 3 is 2.70 bits per heavy atom. The predicted molar refractivity (Wildman–Crippen MR) is 83.8 cm³/mol. The minimum absolute atomic E-state index is 0.0365. The Hall–Kier alpha value is -1.20. The predicted octanol–water partition coefficient (Wildman–Crippen LogP) is 2.68. The molecule has 0 saturated heterocycles. The van der Waals surface area contributed by atoms with Gasteiger partial charge in [0.15, 0.2) is 0 Å². The van der Waals surface area contributed by atoms with Crippen LogP contribution in [0.15, 0.2) is 12.3 Å². The van der Waals surface area contributed by atoms with E-state index in [4.69, 9.17) is 0 Å². The van der Waals surface area contributed by atoms with E-state index in [1.807, 2.05) is 0 Å². The number of aliphatic hydroxyl groups excluding tert-OH is 1. The van der Waals surface area contributed by atoms with Crippen LogP contribution in [0.1, 0.15) is 44.0 Å². The molecule has 4 nitrogen and oxygen atoms in total. The third-order valence-corrected chi connectivity index (χ3v) is 4.20. The molecule has 0 saturated carbocycles. The molecule has 0 aromatic carbocycles. The van der Waals surface area contributed by atoms with E-state index >= 15 is 0 Å². The van der Waals surface area contributed by atoms with Gasteiger partial charge in [-0.3, -0.25) is 4.79 Å². The summed E-state index contributed by atoms with van der Waals surface area (Å²) in [5.41, 5.74) is 0.0365. The van der Waals surface area contributed by atoms with Crippen LogP contribution in [0.25, 0.3) is 6.08 Å². The number of aromatic nitrogens is 1. The zero-order chi connectivity index (χ0) is 15.3. The molecular weight excluding hydrogens is 272 g/mol. The van der Waals surface area contributed by atoms with Crippen LogP contribution in [-0.2, 0) is 10.2 Å². The Morgan fingerprint density at radius 2 is 2.20 bits per heavy atom. The fourth-order valence-electron chi connectivity index (χ4n) is 1.48. The van der Waals surface area contributed by atoms with Gasteiger partial charge in [-0.1, -0.05) is 20.8 Å².